The van der Waals surface area contributed by atoms with Gasteiger partial charge in [0.15, 0.2) is 0 Å². The minimum absolute atomic E-state index is 0.0784. The number of carbonyl (C=O) groups excluding carboxylic acids is 1. The van der Waals surface area contributed by atoms with E-state index in [4.69, 9.17) is 0 Å². The van der Waals surface area contributed by atoms with E-state index in [1.165, 1.54) is 6.42 Å². The van der Waals surface area contributed by atoms with Gasteiger partial charge in [-0.2, -0.15) is 0 Å². The molecule has 0 radical (unpaired) electrons. The van der Waals surface area contributed by atoms with Gasteiger partial charge in [0.1, 0.15) is 11.2 Å². The molecule has 2 aromatic heterocycles. The third-order valence-corrected chi connectivity index (χ3v) is 5.15. The number of pyridine rings is 2. The number of hydrogen-bond acceptors (Lipinski definition) is 3. The fourth-order valence-corrected chi connectivity index (χ4v) is 3.97. The summed E-state index contributed by atoms with van der Waals surface area (Å²) in [5, 5.41) is 0.833. The average molecular weight is 341 g/mol. The molecule has 0 aromatic carbocycles. The Morgan fingerprint density at radius 1 is 1.32 bits per heavy atom. The first kappa shape index (κ1) is 17.6. The lowest BCUT2D eigenvalue weighted by atomic mass is 9.93. The number of carbonyl (C=O) groups is 1. The van der Waals surface area contributed by atoms with E-state index in [1.54, 1.807) is 16.8 Å². The van der Waals surface area contributed by atoms with E-state index in [2.05, 4.69) is 4.98 Å². The molecular formula is C20H27N3O2. The summed E-state index contributed by atoms with van der Waals surface area (Å²) in [6.45, 7) is 6.48. The SMILES string of the molecule is CCn1c(=O)c(C(=O)N(C(C)C)C2CCCCC2)cc2cccnc21. The molecule has 5 heteroatoms. The van der Waals surface area contributed by atoms with Crippen molar-refractivity contribution >= 4 is 16.9 Å². The van der Waals surface area contributed by atoms with Crippen molar-refractivity contribution in [1.29, 1.82) is 0 Å². The number of rotatable bonds is 4. The highest BCUT2D eigenvalue weighted by molar-refractivity contribution is 5.97. The van der Waals surface area contributed by atoms with Gasteiger partial charge in [0.25, 0.3) is 11.5 Å². The van der Waals surface area contributed by atoms with Crippen molar-refractivity contribution in [1.82, 2.24) is 14.5 Å². The van der Waals surface area contributed by atoms with E-state index in [-0.39, 0.29) is 29.1 Å². The van der Waals surface area contributed by atoms with Crippen LogP contribution in [0.4, 0.5) is 0 Å². The van der Waals surface area contributed by atoms with Gasteiger partial charge in [-0.1, -0.05) is 19.3 Å². The quantitative estimate of drug-likeness (QED) is 0.854. The van der Waals surface area contributed by atoms with Crippen molar-refractivity contribution in [2.24, 2.45) is 0 Å². The van der Waals surface area contributed by atoms with Crippen molar-refractivity contribution in [2.75, 3.05) is 0 Å². The number of amides is 1. The summed E-state index contributed by atoms with van der Waals surface area (Å²) >= 11 is 0. The molecule has 0 aliphatic heterocycles. The van der Waals surface area contributed by atoms with Crippen molar-refractivity contribution < 1.29 is 4.79 Å². The zero-order valence-corrected chi connectivity index (χ0v) is 15.4. The molecule has 1 fully saturated rings. The molecule has 0 unspecified atom stereocenters. The van der Waals surface area contributed by atoms with Crippen LogP contribution in [0.25, 0.3) is 11.0 Å². The Hall–Kier alpha value is -2.17. The predicted molar refractivity (Wildman–Crippen MR) is 99.9 cm³/mol. The summed E-state index contributed by atoms with van der Waals surface area (Å²) in [5.41, 5.74) is 0.669. The van der Waals surface area contributed by atoms with Crippen molar-refractivity contribution in [2.45, 2.75) is 71.5 Å². The first-order valence-electron chi connectivity index (χ1n) is 9.35. The van der Waals surface area contributed by atoms with Crippen LogP contribution in [-0.2, 0) is 6.54 Å². The van der Waals surface area contributed by atoms with Crippen molar-refractivity contribution in [3.63, 3.8) is 0 Å². The highest BCUT2D eigenvalue weighted by atomic mass is 16.2. The Bertz CT molecular complexity index is 819. The fraction of sp³-hybridized carbons (Fsp3) is 0.550. The monoisotopic (exact) mass is 341 g/mol. The van der Waals surface area contributed by atoms with Crippen LogP contribution in [0.5, 0.6) is 0 Å². The van der Waals surface area contributed by atoms with E-state index in [1.807, 2.05) is 37.8 Å². The van der Waals surface area contributed by atoms with Crippen LogP contribution in [0.3, 0.4) is 0 Å². The summed E-state index contributed by atoms with van der Waals surface area (Å²) in [6, 6.07) is 5.78. The summed E-state index contributed by atoms with van der Waals surface area (Å²) in [6.07, 6.45) is 7.28. The Morgan fingerprint density at radius 2 is 2.04 bits per heavy atom. The van der Waals surface area contributed by atoms with Crippen molar-refractivity contribution in [3.05, 3.63) is 40.3 Å². The third-order valence-electron chi connectivity index (χ3n) is 5.15. The standard InChI is InChI=1S/C20H27N3O2/c1-4-22-18-15(9-8-12-21-18)13-17(19(22)24)20(25)23(14(2)3)16-10-6-5-7-11-16/h8-9,12-14,16H,4-7,10-11H2,1-3H3. The molecule has 0 bridgehead atoms. The predicted octanol–water partition coefficient (Wildman–Crippen LogP) is 3.60. The van der Waals surface area contributed by atoms with E-state index in [0.29, 0.717) is 12.2 Å². The lowest BCUT2D eigenvalue weighted by molar-refractivity contribution is 0.0553. The number of hydrogen-bond donors (Lipinski definition) is 0. The summed E-state index contributed by atoms with van der Waals surface area (Å²) in [5.74, 6) is -0.139. The molecule has 1 saturated carbocycles. The zero-order chi connectivity index (χ0) is 18.0. The number of fused-ring (bicyclic) bond motifs is 1. The van der Waals surface area contributed by atoms with Crippen LogP contribution >= 0.6 is 0 Å². The molecule has 0 spiro atoms. The second kappa shape index (κ2) is 7.38. The van der Waals surface area contributed by atoms with Gasteiger partial charge in [-0.05, 0) is 51.8 Å². The fourth-order valence-electron chi connectivity index (χ4n) is 3.97. The van der Waals surface area contributed by atoms with Gasteiger partial charge >= 0.3 is 0 Å². The molecule has 2 heterocycles. The maximum atomic E-state index is 13.3. The molecule has 0 atom stereocenters. The molecular weight excluding hydrogens is 314 g/mol. The van der Waals surface area contributed by atoms with Crippen LogP contribution in [0, 0.1) is 0 Å². The van der Waals surface area contributed by atoms with Gasteiger partial charge in [0.2, 0.25) is 0 Å². The average Bonchev–Trinajstić information content (AvgIpc) is 2.62. The topological polar surface area (TPSA) is 55.2 Å². The van der Waals surface area contributed by atoms with Crippen LogP contribution in [0.15, 0.2) is 29.2 Å². The smallest absolute Gasteiger partial charge is 0.265 e. The van der Waals surface area contributed by atoms with Gasteiger partial charge < -0.3 is 4.90 Å². The summed E-state index contributed by atoms with van der Waals surface area (Å²) < 4.78 is 1.60. The van der Waals surface area contributed by atoms with Crippen LogP contribution in [0.1, 0.15) is 63.2 Å². The van der Waals surface area contributed by atoms with Crippen LogP contribution < -0.4 is 5.56 Å². The van der Waals surface area contributed by atoms with Crippen LogP contribution in [0.2, 0.25) is 0 Å². The minimum Gasteiger partial charge on any atom is -0.333 e. The largest absolute Gasteiger partial charge is 0.333 e. The normalized spacial score (nSPS) is 15.7. The molecule has 25 heavy (non-hydrogen) atoms. The maximum absolute atomic E-state index is 13.3. The highest BCUT2D eigenvalue weighted by Crippen LogP contribution is 2.25. The molecule has 1 amide bonds. The first-order valence-corrected chi connectivity index (χ1v) is 9.35. The van der Waals surface area contributed by atoms with Gasteiger partial charge in [0.05, 0.1) is 0 Å². The van der Waals surface area contributed by atoms with E-state index < -0.39 is 0 Å². The third kappa shape index (κ3) is 3.32. The molecule has 2 aromatic rings. The molecule has 1 aliphatic rings. The zero-order valence-electron chi connectivity index (χ0n) is 15.4. The Labute approximate surface area is 148 Å². The Kier molecular flexibility index (Phi) is 5.21. The lowest BCUT2D eigenvalue weighted by Gasteiger charge is -2.37. The van der Waals surface area contributed by atoms with Crippen LogP contribution in [-0.4, -0.2) is 32.4 Å². The lowest BCUT2D eigenvalue weighted by Crippen LogP contribution is -2.47. The van der Waals surface area contributed by atoms with Gasteiger partial charge in [0, 0.05) is 30.2 Å². The molecule has 0 saturated heterocycles. The second-order valence-electron chi connectivity index (χ2n) is 7.12. The Balaban J connectivity index is 2.08. The molecule has 1 aliphatic carbocycles. The molecule has 134 valence electrons. The van der Waals surface area contributed by atoms with Gasteiger partial charge in [-0.15, -0.1) is 0 Å². The summed E-state index contributed by atoms with van der Waals surface area (Å²) in [7, 11) is 0. The number of aromatic nitrogens is 2. The molecule has 5 nitrogen and oxygen atoms in total. The molecule has 3 rings (SSSR count). The Morgan fingerprint density at radius 3 is 2.68 bits per heavy atom. The molecule has 0 N–H and O–H groups in total. The minimum atomic E-state index is -0.236. The highest BCUT2D eigenvalue weighted by Gasteiger charge is 2.30. The van der Waals surface area contributed by atoms with E-state index >= 15 is 0 Å². The summed E-state index contributed by atoms with van der Waals surface area (Å²) in [4.78, 5) is 32.5. The number of nitrogens with zero attached hydrogens (tertiary/aromatic N) is 3. The first-order chi connectivity index (χ1) is 12.0. The number of aryl methyl sites for hydroxylation is 1. The van der Waals surface area contributed by atoms with E-state index in [9.17, 15) is 9.59 Å². The van der Waals surface area contributed by atoms with Gasteiger partial charge in [-0.25, -0.2) is 4.98 Å². The second-order valence-corrected chi connectivity index (χ2v) is 7.12. The van der Waals surface area contributed by atoms with E-state index in [0.717, 1.165) is 31.1 Å². The van der Waals surface area contributed by atoms with Gasteiger partial charge in [-0.3, -0.25) is 14.2 Å². The maximum Gasteiger partial charge on any atom is 0.265 e. The van der Waals surface area contributed by atoms with Crippen molar-refractivity contribution in [3.8, 4) is 0 Å².